The van der Waals surface area contributed by atoms with Crippen LogP contribution in [0.5, 0.6) is 0 Å². The molecule has 128 valence electrons. The molecule has 5 unspecified atom stereocenters. The van der Waals surface area contributed by atoms with Gasteiger partial charge >= 0.3 is 11.9 Å². The van der Waals surface area contributed by atoms with Gasteiger partial charge in [0.2, 0.25) is 0 Å². The van der Waals surface area contributed by atoms with Gasteiger partial charge in [0.05, 0.1) is 14.2 Å². The topological polar surface area (TPSA) is 77.0 Å². The van der Waals surface area contributed by atoms with Crippen LogP contribution in [0.2, 0.25) is 0 Å². The lowest BCUT2D eigenvalue weighted by Crippen LogP contribution is -2.45. The van der Waals surface area contributed by atoms with Gasteiger partial charge in [0.1, 0.15) is 5.70 Å². The van der Waals surface area contributed by atoms with Gasteiger partial charge in [-0.15, -0.1) is 0 Å². The van der Waals surface area contributed by atoms with Gasteiger partial charge in [0, 0.05) is 5.92 Å². The minimum Gasteiger partial charge on any atom is -0.464 e. The van der Waals surface area contributed by atoms with Gasteiger partial charge in [-0.25, -0.2) is 9.59 Å². The first kappa shape index (κ1) is 14.7. The molecule has 2 saturated carbocycles. The number of benzene rings is 1. The number of carbonyl (C=O) groups is 2. The monoisotopic (exact) mass is 338 g/mol. The van der Waals surface area contributed by atoms with Crippen molar-refractivity contribution in [3.63, 3.8) is 0 Å². The third-order valence-corrected chi connectivity index (χ3v) is 6.34. The third-order valence-electron chi connectivity index (χ3n) is 6.34. The van der Waals surface area contributed by atoms with Crippen molar-refractivity contribution in [3.8, 4) is 0 Å². The maximum Gasteiger partial charge on any atom is 0.355 e. The number of allylic oxidation sites excluding steroid dienone is 1. The molecule has 0 amide bonds. The minimum atomic E-state index is -0.435. The van der Waals surface area contributed by atoms with Crippen LogP contribution in [0.3, 0.4) is 0 Å². The number of methoxy groups -OCH3 is 2. The Labute approximate surface area is 144 Å². The van der Waals surface area contributed by atoms with Crippen LogP contribution in [0.15, 0.2) is 40.6 Å². The van der Waals surface area contributed by atoms with Crippen LogP contribution >= 0.6 is 0 Å². The highest BCUT2D eigenvalue weighted by Crippen LogP contribution is 2.71. The van der Waals surface area contributed by atoms with Crippen LogP contribution in [0.25, 0.3) is 0 Å². The molecule has 25 heavy (non-hydrogen) atoms. The van der Waals surface area contributed by atoms with E-state index >= 15 is 0 Å². The molecule has 6 heteroatoms. The first-order valence-corrected chi connectivity index (χ1v) is 8.50. The predicted octanol–water partition coefficient (Wildman–Crippen LogP) is 1.69. The van der Waals surface area contributed by atoms with Gasteiger partial charge in [0.15, 0.2) is 5.71 Å². The van der Waals surface area contributed by atoms with E-state index in [-0.39, 0.29) is 17.8 Å². The van der Waals surface area contributed by atoms with Crippen molar-refractivity contribution in [2.24, 2.45) is 22.9 Å². The zero-order valence-corrected chi connectivity index (χ0v) is 14.0. The molecule has 1 aromatic rings. The molecular formula is C19H18N2O4. The molecule has 0 saturated heterocycles. The van der Waals surface area contributed by atoms with E-state index in [9.17, 15) is 9.59 Å². The second kappa shape index (κ2) is 4.94. The molecule has 0 radical (unpaired) electrons. The Hall–Kier alpha value is -2.63. The quantitative estimate of drug-likeness (QED) is 0.656. The molecule has 1 aliphatic heterocycles. The first-order valence-electron chi connectivity index (χ1n) is 8.50. The minimum absolute atomic E-state index is 0.164. The number of hydrogen-bond donors (Lipinski definition) is 1. The highest BCUT2D eigenvalue weighted by atomic mass is 16.5. The summed E-state index contributed by atoms with van der Waals surface area (Å²) in [5.74, 6) is 0.348. The van der Waals surface area contributed by atoms with Crippen molar-refractivity contribution < 1.29 is 19.1 Å². The second-order valence-electron chi connectivity index (χ2n) is 7.09. The molecule has 5 rings (SSSR count). The molecule has 1 N–H and O–H groups in total. The Kier molecular flexibility index (Phi) is 2.90. The van der Waals surface area contributed by atoms with E-state index in [0.29, 0.717) is 23.2 Å². The van der Waals surface area contributed by atoms with E-state index < -0.39 is 11.9 Å². The summed E-state index contributed by atoms with van der Waals surface area (Å²) in [6.45, 7) is 0. The largest absolute Gasteiger partial charge is 0.464 e. The highest BCUT2D eigenvalue weighted by Gasteiger charge is 2.64. The van der Waals surface area contributed by atoms with Crippen molar-refractivity contribution in [1.82, 2.24) is 5.43 Å². The number of hydrazone groups is 1. The number of fused-ring (bicyclic) bond motifs is 11. The molecule has 0 spiro atoms. The molecular weight excluding hydrogens is 320 g/mol. The molecule has 2 fully saturated rings. The van der Waals surface area contributed by atoms with E-state index in [4.69, 9.17) is 9.47 Å². The lowest BCUT2D eigenvalue weighted by Gasteiger charge is -2.47. The second-order valence-corrected chi connectivity index (χ2v) is 7.09. The fourth-order valence-corrected chi connectivity index (χ4v) is 5.57. The molecule has 1 heterocycles. The SMILES string of the molecule is COC(=O)C1=NNC(C(=O)OC)=C2C3CC(C12)C1c2ccccc2C31. The molecule has 0 aromatic heterocycles. The van der Waals surface area contributed by atoms with Gasteiger partial charge < -0.3 is 9.47 Å². The van der Waals surface area contributed by atoms with Crippen LogP contribution in [-0.2, 0) is 19.1 Å². The summed E-state index contributed by atoms with van der Waals surface area (Å²) in [5.41, 5.74) is 7.26. The summed E-state index contributed by atoms with van der Waals surface area (Å²) < 4.78 is 9.86. The molecule has 5 atom stereocenters. The number of esters is 2. The summed E-state index contributed by atoms with van der Waals surface area (Å²) in [7, 11) is 2.72. The van der Waals surface area contributed by atoms with E-state index in [2.05, 4.69) is 34.8 Å². The van der Waals surface area contributed by atoms with Gasteiger partial charge in [0.25, 0.3) is 0 Å². The summed E-state index contributed by atoms with van der Waals surface area (Å²) >= 11 is 0. The molecule has 2 bridgehead atoms. The number of nitrogens with zero attached hydrogens (tertiary/aromatic N) is 1. The Bertz CT molecular complexity index is 872. The number of carbonyl (C=O) groups excluding carboxylic acids is 2. The number of nitrogens with one attached hydrogen (secondary N) is 1. The number of hydrogen-bond acceptors (Lipinski definition) is 6. The lowest BCUT2D eigenvalue weighted by molar-refractivity contribution is -0.137. The Morgan fingerprint density at radius 1 is 1.08 bits per heavy atom. The highest BCUT2D eigenvalue weighted by molar-refractivity contribution is 6.38. The van der Waals surface area contributed by atoms with Gasteiger partial charge in [-0.1, -0.05) is 24.3 Å². The molecule has 4 aliphatic rings. The summed E-state index contributed by atoms with van der Waals surface area (Å²) in [6, 6.07) is 8.48. The number of rotatable bonds is 2. The van der Waals surface area contributed by atoms with Crippen LogP contribution < -0.4 is 5.43 Å². The first-order chi connectivity index (χ1) is 12.2. The summed E-state index contributed by atoms with van der Waals surface area (Å²) in [6.07, 6.45) is 0.961. The maximum absolute atomic E-state index is 12.3. The van der Waals surface area contributed by atoms with E-state index in [1.807, 2.05) is 0 Å². The normalized spacial score (nSPS) is 33.4. The average Bonchev–Trinajstić information content (AvgIpc) is 3.17. The Balaban J connectivity index is 1.65. The van der Waals surface area contributed by atoms with Crippen molar-refractivity contribution in [2.45, 2.75) is 18.3 Å². The molecule has 1 aromatic carbocycles. The maximum atomic E-state index is 12.3. The number of ether oxygens (including phenoxy) is 2. The van der Waals surface area contributed by atoms with Gasteiger partial charge in [-0.2, -0.15) is 5.10 Å². The van der Waals surface area contributed by atoms with Gasteiger partial charge in [-0.05, 0) is 46.8 Å². The van der Waals surface area contributed by atoms with E-state index in [0.717, 1.165) is 12.0 Å². The zero-order valence-electron chi connectivity index (χ0n) is 14.0. The standard InChI is InChI=1S/C19H18N2O4/c1-24-18(22)16-14-10-7-11(15(14)17(21-20-16)19(23)25-2)13-9-6-4-3-5-8(9)12(10)13/h3-6,10-14,21H,7H2,1-2H3. The van der Waals surface area contributed by atoms with E-state index in [1.165, 1.54) is 25.3 Å². The zero-order chi connectivity index (χ0) is 17.3. The van der Waals surface area contributed by atoms with E-state index in [1.54, 1.807) is 0 Å². The van der Waals surface area contributed by atoms with Crippen LogP contribution in [0, 0.1) is 17.8 Å². The third kappa shape index (κ3) is 1.67. The Morgan fingerprint density at radius 2 is 1.76 bits per heavy atom. The average molecular weight is 338 g/mol. The fourth-order valence-electron chi connectivity index (χ4n) is 5.57. The van der Waals surface area contributed by atoms with Crippen molar-refractivity contribution in [3.05, 3.63) is 46.7 Å². The smallest absolute Gasteiger partial charge is 0.355 e. The van der Waals surface area contributed by atoms with Crippen LogP contribution in [-0.4, -0.2) is 31.9 Å². The lowest BCUT2D eigenvalue weighted by atomic mass is 9.57. The van der Waals surface area contributed by atoms with Crippen LogP contribution in [0.1, 0.15) is 29.4 Å². The molecule has 6 nitrogen and oxygen atoms in total. The summed E-state index contributed by atoms with van der Waals surface area (Å²) in [4.78, 5) is 24.5. The van der Waals surface area contributed by atoms with Crippen molar-refractivity contribution >= 4 is 17.7 Å². The fraction of sp³-hybridized carbons (Fsp3) is 0.421. The predicted molar refractivity (Wildman–Crippen MR) is 88.6 cm³/mol. The Morgan fingerprint density at radius 3 is 2.44 bits per heavy atom. The van der Waals surface area contributed by atoms with Crippen molar-refractivity contribution in [2.75, 3.05) is 14.2 Å². The molecule has 3 aliphatic carbocycles. The van der Waals surface area contributed by atoms with Gasteiger partial charge in [-0.3, -0.25) is 5.43 Å². The summed E-state index contributed by atoms with van der Waals surface area (Å²) in [5, 5.41) is 4.19. The van der Waals surface area contributed by atoms with Crippen molar-refractivity contribution in [1.29, 1.82) is 0 Å². The van der Waals surface area contributed by atoms with Crippen LogP contribution in [0.4, 0.5) is 0 Å².